The lowest BCUT2D eigenvalue weighted by atomic mass is 10.3. The molecule has 0 atom stereocenters. The Morgan fingerprint density at radius 3 is 1.40 bits per heavy atom. The molecule has 0 bridgehead atoms. The summed E-state index contributed by atoms with van der Waals surface area (Å²) in [6.07, 6.45) is 0. The van der Waals surface area contributed by atoms with E-state index in [4.69, 9.17) is 0 Å². The highest BCUT2D eigenvalue weighted by atomic mass is 16.1. The van der Waals surface area contributed by atoms with E-state index in [0.29, 0.717) is 26.2 Å². The maximum absolute atomic E-state index is 10.7. The quantitative estimate of drug-likeness (QED) is 0.424. The first kappa shape index (κ1) is 7.37. The van der Waals surface area contributed by atoms with Gasteiger partial charge >= 0.3 is 0 Å². The maximum Gasteiger partial charge on any atom is 0.160 e. The van der Waals surface area contributed by atoms with Gasteiger partial charge in [0.2, 0.25) is 0 Å². The lowest BCUT2D eigenvalue weighted by molar-refractivity contribution is -0.120. The Morgan fingerprint density at radius 2 is 1.10 bits per heavy atom. The normalized spacial score (nSPS) is 22.0. The van der Waals surface area contributed by atoms with E-state index >= 15 is 0 Å². The molecule has 56 valence electrons. The molecule has 10 heavy (non-hydrogen) atoms. The molecule has 0 aromatic rings. The zero-order chi connectivity index (χ0) is 7.40. The van der Waals surface area contributed by atoms with Crippen LogP contribution in [0.3, 0.4) is 0 Å². The summed E-state index contributed by atoms with van der Waals surface area (Å²) in [5, 5.41) is 5.50. The Balaban J connectivity index is 2.34. The molecule has 1 heterocycles. The van der Waals surface area contributed by atoms with Crippen molar-refractivity contribution >= 4 is 11.6 Å². The average molecular weight is 142 g/mol. The van der Waals surface area contributed by atoms with Crippen LogP contribution in [0.4, 0.5) is 0 Å². The molecule has 4 nitrogen and oxygen atoms in total. The number of ketones is 2. The van der Waals surface area contributed by atoms with Gasteiger partial charge in [0.25, 0.3) is 0 Å². The monoisotopic (exact) mass is 142 g/mol. The number of Topliss-reactive ketones (excluding diaryl/α,β-unsaturated/α-hetero) is 2. The molecule has 1 saturated heterocycles. The Bertz CT molecular complexity index is 126. The molecule has 0 unspecified atom stereocenters. The molecule has 0 radical (unpaired) electrons. The minimum atomic E-state index is 0.104. The first-order chi connectivity index (χ1) is 4.79. The van der Waals surface area contributed by atoms with Crippen molar-refractivity contribution in [2.45, 2.75) is 0 Å². The molecule has 1 fully saturated rings. The first-order valence-corrected chi connectivity index (χ1v) is 3.24. The van der Waals surface area contributed by atoms with Gasteiger partial charge < -0.3 is 10.6 Å². The third kappa shape index (κ3) is 2.24. The van der Waals surface area contributed by atoms with Gasteiger partial charge in [0.15, 0.2) is 11.6 Å². The van der Waals surface area contributed by atoms with Crippen LogP contribution < -0.4 is 10.6 Å². The molecule has 0 saturated carbocycles. The minimum Gasteiger partial charge on any atom is -0.303 e. The fourth-order valence-corrected chi connectivity index (χ4v) is 0.808. The number of hydrogen-bond donors (Lipinski definition) is 2. The van der Waals surface area contributed by atoms with Crippen molar-refractivity contribution < 1.29 is 9.59 Å². The van der Waals surface area contributed by atoms with Crippen LogP contribution in [-0.4, -0.2) is 37.7 Å². The molecule has 1 rings (SSSR count). The fraction of sp³-hybridized carbons (Fsp3) is 0.667. The van der Waals surface area contributed by atoms with E-state index in [1.807, 2.05) is 0 Å². The highest BCUT2D eigenvalue weighted by Gasteiger charge is 2.08. The number of rotatable bonds is 0. The van der Waals surface area contributed by atoms with Crippen molar-refractivity contribution in [3.63, 3.8) is 0 Å². The molecule has 0 amide bonds. The summed E-state index contributed by atoms with van der Waals surface area (Å²) in [7, 11) is 0. The summed E-state index contributed by atoms with van der Waals surface area (Å²) in [4.78, 5) is 21.4. The van der Waals surface area contributed by atoms with Crippen molar-refractivity contribution in [3.05, 3.63) is 0 Å². The summed E-state index contributed by atoms with van der Waals surface area (Å²) in [6.45, 7) is 1.22. The van der Waals surface area contributed by atoms with Crippen molar-refractivity contribution in [3.8, 4) is 0 Å². The molecular formula is C6H10N2O2. The lowest BCUT2D eigenvalue weighted by Gasteiger charge is -2.08. The van der Waals surface area contributed by atoms with Crippen molar-refractivity contribution in [1.29, 1.82) is 0 Å². The Kier molecular flexibility index (Phi) is 2.53. The standard InChI is InChI=1S/C6H10N2O2/c9-5-1-7-3-6(10)4-8-2-5/h7-8H,1-4H2. The summed E-state index contributed by atoms with van der Waals surface area (Å²) in [5.74, 6) is 0.208. The second-order valence-electron chi connectivity index (χ2n) is 2.28. The molecular weight excluding hydrogens is 132 g/mol. The van der Waals surface area contributed by atoms with Crippen LogP contribution in [0.15, 0.2) is 0 Å². The SMILES string of the molecule is O=C1CNCC(=O)CNC1. The van der Waals surface area contributed by atoms with Gasteiger partial charge in [0, 0.05) is 0 Å². The third-order valence-corrected chi connectivity index (χ3v) is 1.29. The van der Waals surface area contributed by atoms with Crippen LogP contribution in [-0.2, 0) is 9.59 Å². The van der Waals surface area contributed by atoms with Crippen LogP contribution in [0, 0.1) is 0 Å². The lowest BCUT2D eigenvalue weighted by Crippen LogP contribution is -2.42. The maximum atomic E-state index is 10.7. The van der Waals surface area contributed by atoms with Crippen LogP contribution in [0.1, 0.15) is 0 Å². The van der Waals surface area contributed by atoms with E-state index in [0.717, 1.165) is 0 Å². The third-order valence-electron chi connectivity index (χ3n) is 1.29. The molecule has 0 spiro atoms. The summed E-state index contributed by atoms with van der Waals surface area (Å²) < 4.78 is 0. The average Bonchev–Trinajstić information content (AvgIpc) is 1.84. The van der Waals surface area contributed by atoms with Gasteiger partial charge in [0.1, 0.15) is 0 Å². The molecule has 2 N–H and O–H groups in total. The van der Waals surface area contributed by atoms with E-state index in [1.165, 1.54) is 0 Å². The highest BCUT2D eigenvalue weighted by molar-refractivity contribution is 5.87. The Labute approximate surface area is 59.0 Å². The zero-order valence-electron chi connectivity index (χ0n) is 5.64. The van der Waals surface area contributed by atoms with Crippen molar-refractivity contribution in [2.75, 3.05) is 26.2 Å². The summed E-state index contributed by atoms with van der Waals surface area (Å²) in [6, 6.07) is 0. The second kappa shape index (κ2) is 3.43. The van der Waals surface area contributed by atoms with E-state index in [9.17, 15) is 9.59 Å². The van der Waals surface area contributed by atoms with Crippen LogP contribution >= 0.6 is 0 Å². The number of nitrogens with one attached hydrogen (secondary N) is 2. The second-order valence-corrected chi connectivity index (χ2v) is 2.28. The smallest absolute Gasteiger partial charge is 0.160 e. The first-order valence-electron chi connectivity index (χ1n) is 3.24. The molecule has 1 aliphatic heterocycles. The van der Waals surface area contributed by atoms with E-state index in [-0.39, 0.29) is 11.6 Å². The summed E-state index contributed by atoms with van der Waals surface area (Å²) >= 11 is 0. The zero-order valence-corrected chi connectivity index (χ0v) is 5.64. The Hall–Kier alpha value is -0.740. The van der Waals surface area contributed by atoms with Crippen LogP contribution in [0.25, 0.3) is 0 Å². The van der Waals surface area contributed by atoms with Gasteiger partial charge in [-0.3, -0.25) is 9.59 Å². The predicted octanol–water partition coefficient (Wildman–Crippen LogP) is -1.68. The van der Waals surface area contributed by atoms with Crippen molar-refractivity contribution in [2.24, 2.45) is 0 Å². The topological polar surface area (TPSA) is 58.2 Å². The fourth-order valence-electron chi connectivity index (χ4n) is 0.808. The highest BCUT2D eigenvalue weighted by Crippen LogP contribution is 1.75. The Morgan fingerprint density at radius 1 is 0.800 bits per heavy atom. The minimum absolute atomic E-state index is 0.104. The van der Waals surface area contributed by atoms with Gasteiger partial charge in [0.05, 0.1) is 26.2 Å². The van der Waals surface area contributed by atoms with Gasteiger partial charge in [-0.05, 0) is 0 Å². The molecule has 0 aromatic carbocycles. The van der Waals surface area contributed by atoms with Crippen LogP contribution in [0.5, 0.6) is 0 Å². The predicted molar refractivity (Wildman–Crippen MR) is 35.8 cm³/mol. The van der Waals surface area contributed by atoms with Gasteiger partial charge in [-0.1, -0.05) is 0 Å². The molecule has 0 aliphatic carbocycles. The van der Waals surface area contributed by atoms with Crippen LogP contribution in [0.2, 0.25) is 0 Å². The summed E-state index contributed by atoms with van der Waals surface area (Å²) in [5.41, 5.74) is 0. The van der Waals surface area contributed by atoms with E-state index in [2.05, 4.69) is 10.6 Å². The molecule has 4 heteroatoms. The molecule has 1 aliphatic rings. The van der Waals surface area contributed by atoms with Crippen molar-refractivity contribution in [1.82, 2.24) is 10.6 Å². The van der Waals surface area contributed by atoms with E-state index < -0.39 is 0 Å². The van der Waals surface area contributed by atoms with Gasteiger partial charge in [-0.25, -0.2) is 0 Å². The molecule has 0 aromatic heterocycles. The van der Waals surface area contributed by atoms with Gasteiger partial charge in [-0.15, -0.1) is 0 Å². The largest absolute Gasteiger partial charge is 0.303 e. The van der Waals surface area contributed by atoms with Gasteiger partial charge in [-0.2, -0.15) is 0 Å². The number of carbonyl (C=O) groups is 2. The number of hydrogen-bond acceptors (Lipinski definition) is 4. The number of carbonyl (C=O) groups excluding carboxylic acids is 2. The van der Waals surface area contributed by atoms with E-state index in [1.54, 1.807) is 0 Å².